The van der Waals surface area contributed by atoms with Gasteiger partial charge in [-0.2, -0.15) is 0 Å². The number of nitrogens with zero attached hydrogens (tertiary/aromatic N) is 5. The normalized spacial score (nSPS) is 11.6. The van der Waals surface area contributed by atoms with Crippen molar-refractivity contribution >= 4 is 71.6 Å². The van der Waals surface area contributed by atoms with Crippen LogP contribution in [0.25, 0.3) is 88.5 Å². The fourth-order valence-corrected chi connectivity index (χ4v) is 9.13. The number of aromatic nitrogens is 4. The summed E-state index contributed by atoms with van der Waals surface area (Å²) in [6.45, 7) is 0. The molecule has 5 heteroatoms. The van der Waals surface area contributed by atoms with Crippen molar-refractivity contribution in [3.63, 3.8) is 0 Å². The molecule has 286 valence electrons. The topological polar surface area (TPSA) is 38.9 Å². The summed E-state index contributed by atoms with van der Waals surface area (Å²) >= 11 is 0. The SMILES string of the molecule is c1ccc(-c2nc(-n3c4ccccc4c4cc(-c5ccc6c(c5)c5cc(N(c7ccccc7)c7ccccc7)ccc5n6-c5ccccc5)ccc43)nc3ccccc23)cc1. The lowest BCUT2D eigenvalue weighted by Gasteiger charge is -2.25. The Kier molecular flexibility index (Phi) is 8.10. The largest absolute Gasteiger partial charge is 0.310 e. The van der Waals surface area contributed by atoms with Crippen LogP contribution in [0.5, 0.6) is 0 Å². The molecule has 61 heavy (non-hydrogen) atoms. The van der Waals surface area contributed by atoms with E-state index in [9.17, 15) is 0 Å². The van der Waals surface area contributed by atoms with Gasteiger partial charge in [-0.1, -0.05) is 133 Å². The van der Waals surface area contributed by atoms with Crippen LogP contribution in [0.3, 0.4) is 0 Å². The van der Waals surface area contributed by atoms with Crippen LogP contribution in [0, 0.1) is 0 Å². The van der Waals surface area contributed by atoms with E-state index < -0.39 is 0 Å². The van der Waals surface area contributed by atoms with Crippen molar-refractivity contribution in [2.75, 3.05) is 4.90 Å². The zero-order valence-corrected chi connectivity index (χ0v) is 33.1. The quantitative estimate of drug-likeness (QED) is 0.162. The highest BCUT2D eigenvalue weighted by Gasteiger charge is 2.20. The van der Waals surface area contributed by atoms with Crippen LogP contribution in [0.2, 0.25) is 0 Å². The standard InChI is InChI=1S/C56H37N5/c1-5-17-38(18-6-1)55-46-26-13-15-27-50(46)57-56(58-55)61-51-28-16-14-25-45(51)47-35-39(30-33-54(47)61)40-29-32-52-48(36-40)49-37-44(31-34-53(49)60(52)43-23-11-4-12-24-43)59(41-19-7-2-8-20-41)42-21-9-3-10-22-42/h1-37H. The van der Waals surface area contributed by atoms with Crippen LogP contribution in [-0.2, 0) is 0 Å². The first-order chi connectivity index (χ1) is 30.3. The molecule has 0 aliphatic carbocycles. The van der Waals surface area contributed by atoms with Crippen molar-refractivity contribution in [3.8, 4) is 34.0 Å². The van der Waals surface area contributed by atoms with E-state index in [4.69, 9.17) is 9.97 Å². The molecule has 3 heterocycles. The van der Waals surface area contributed by atoms with Gasteiger partial charge < -0.3 is 9.47 Å². The lowest BCUT2D eigenvalue weighted by Crippen LogP contribution is -2.09. The molecule has 12 aromatic rings. The van der Waals surface area contributed by atoms with Gasteiger partial charge in [0.1, 0.15) is 0 Å². The van der Waals surface area contributed by atoms with Gasteiger partial charge in [-0.05, 0) is 102 Å². The average molecular weight is 780 g/mol. The van der Waals surface area contributed by atoms with Crippen molar-refractivity contribution in [1.82, 2.24) is 19.1 Å². The van der Waals surface area contributed by atoms with Gasteiger partial charge in [0.15, 0.2) is 0 Å². The third-order valence-corrected chi connectivity index (χ3v) is 11.9. The summed E-state index contributed by atoms with van der Waals surface area (Å²) in [5, 5.41) is 5.73. The Hall–Kier alpha value is -8.28. The molecule has 0 atom stereocenters. The predicted molar refractivity (Wildman–Crippen MR) is 254 cm³/mol. The molecule has 0 amide bonds. The Balaban J connectivity index is 1.05. The minimum absolute atomic E-state index is 0.655. The lowest BCUT2D eigenvalue weighted by molar-refractivity contribution is 1.01. The van der Waals surface area contributed by atoms with Crippen LogP contribution in [-0.4, -0.2) is 19.1 Å². The van der Waals surface area contributed by atoms with Crippen LogP contribution < -0.4 is 4.90 Å². The molecule has 3 aromatic heterocycles. The molecule has 0 unspecified atom stereocenters. The van der Waals surface area contributed by atoms with Gasteiger partial charge in [0.2, 0.25) is 5.95 Å². The highest BCUT2D eigenvalue weighted by molar-refractivity contribution is 6.13. The number of benzene rings is 9. The third kappa shape index (κ3) is 5.78. The van der Waals surface area contributed by atoms with E-state index in [0.29, 0.717) is 5.95 Å². The number of anilines is 3. The number of hydrogen-bond donors (Lipinski definition) is 0. The smallest absolute Gasteiger partial charge is 0.235 e. The van der Waals surface area contributed by atoms with E-state index in [1.807, 2.05) is 12.1 Å². The van der Waals surface area contributed by atoms with E-state index in [-0.39, 0.29) is 0 Å². The van der Waals surface area contributed by atoms with Gasteiger partial charge >= 0.3 is 0 Å². The van der Waals surface area contributed by atoms with E-state index in [1.165, 1.54) is 10.8 Å². The summed E-state index contributed by atoms with van der Waals surface area (Å²) < 4.78 is 4.61. The monoisotopic (exact) mass is 779 g/mol. The summed E-state index contributed by atoms with van der Waals surface area (Å²) in [4.78, 5) is 12.8. The van der Waals surface area contributed by atoms with Crippen molar-refractivity contribution in [3.05, 3.63) is 224 Å². The molecule has 0 radical (unpaired) electrons. The zero-order valence-electron chi connectivity index (χ0n) is 33.1. The maximum atomic E-state index is 5.29. The van der Waals surface area contributed by atoms with Gasteiger partial charge in [0, 0.05) is 55.2 Å². The third-order valence-electron chi connectivity index (χ3n) is 11.9. The summed E-state index contributed by atoms with van der Waals surface area (Å²) in [5.74, 6) is 0.655. The predicted octanol–water partition coefficient (Wildman–Crippen LogP) is 14.6. The Morgan fingerprint density at radius 1 is 0.311 bits per heavy atom. The molecule has 0 bridgehead atoms. The lowest BCUT2D eigenvalue weighted by atomic mass is 10.0. The van der Waals surface area contributed by atoms with Gasteiger partial charge in [-0.15, -0.1) is 0 Å². The van der Waals surface area contributed by atoms with Crippen LogP contribution >= 0.6 is 0 Å². The van der Waals surface area contributed by atoms with Gasteiger partial charge in [-0.25, -0.2) is 9.97 Å². The Bertz CT molecular complexity index is 3540. The molecule has 0 fully saturated rings. The van der Waals surface area contributed by atoms with Crippen molar-refractivity contribution in [1.29, 1.82) is 0 Å². The number of para-hydroxylation sites is 5. The molecular weight excluding hydrogens is 743 g/mol. The highest BCUT2D eigenvalue weighted by atomic mass is 15.2. The molecule has 0 spiro atoms. The minimum atomic E-state index is 0.655. The first kappa shape index (κ1) is 34.7. The van der Waals surface area contributed by atoms with E-state index in [1.54, 1.807) is 0 Å². The van der Waals surface area contributed by atoms with E-state index in [0.717, 1.165) is 88.9 Å². The molecular formula is C56H37N5. The maximum Gasteiger partial charge on any atom is 0.235 e. The van der Waals surface area contributed by atoms with E-state index >= 15 is 0 Å². The highest BCUT2D eigenvalue weighted by Crippen LogP contribution is 2.42. The Morgan fingerprint density at radius 2 is 0.803 bits per heavy atom. The summed E-state index contributed by atoms with van der Waals surface area (Å²) in [6, 6.07) is 79.8. The summed E-state index contributed by atoms with van der Waals surface area (Å²) in [7, 11) is 0. The van der Waals surface area contributed by atoms with Gasteiger partial charge in [0.25, 0.3) is 0 Å². The fraction of sp³-hybridized carbons (Fsp3) is 0. The second-order valence-electron chi connectivity index (χ2n) is 15.5. The molecule has 0 saturated carbocycles. The zero-order chi connectivity index (χ0) is 40.3. The second kappa shape index (κ2) is 14.2. The van der Waals surface area contributed by atoms with Gasteiger partial charge in [0.05, 0.1) is 33.3 Å². The van der Waals surface area contributed by atoms with Gasteiger partial charge in [-0.3, -0.25) is 4.57 Å². The van der Waals surface area contributed by atoms with E-state index in [2.05, 4.69) is 226 Å². The van der Waals surface area contributed by atoms with Crippen LogP contribution in [0.1, 0.15) is 0 Å². The first-order valence-corrected chi connectivity index (χ1v) is 20.7. The number of fused-ring (bicyclic) bond motifs is 7. The van der Waals surface area contributed by atoms with Crippen molar-refractivity contribution in [2.24, 2.45) is 0 Å². The second-order valence-corrected chi connectivity index (χ2v) is 15.5. The molecule has 0 aliphatic heterocycles. The minimum Gasteiger partial charge on any atom is -0.310 e. The average Bonchev–Trinajstić information content (AvgIpc) is 3.84. The van der Waals surface area contributed by atoms with Crippen LogP contribution in [0.4, 0.5) is 17.1 Å². The van der Waals surface area contributed by atoms with Crippen LogP contribution in [0.15, 0.2) is 224 Å². The molecule has 12 rings (SSSR count). The number of hydrogen-bond acceptors (Lipinski definition) is 3. The Labute approximate surface area is 352 Å². The van der Waals surface area contributed by atoms with Crippen molar-refractivity contribution in [2.45, 2.75) is 0 Å². The summed E-state index contributed by atoms with van der Waals surface area (Å²) in [6.07, 6.45) is 0. The molecule has 0 aliphatic rings. The first-order valence-electron chi connectivity index (χ1n) is 20.7. The molecule has 5 nitrogen and oxygen atoms in total. The summed E-state index contributed by atoms with van der Waals surface area (Å²) in [5.41, 5.74) is 14.1. The Morgan fingerprint density at radius 3 is 1.48 bits per heavy atom. The fourth-order valence-electron chi connectivity index (χ4n) is 9.13. The molecule has 0 N–H and O–H groups in total. The molecule has 9 aromatic carbocycles. The maximum absolute atomic E-state index is 5.29. The molecule has 0 saturated heterocycles. The number of rotatable bonds is 7. The van der Waals surface area contributed by atoms with Crippen molar-refractivity contribution < 1.29 is 0 Å².